The fraction of sp³-hybridized carbons (Fsp3) is 0.375. The highest BCUT2D eigenvalue weighted by molar-refractivity contribution is 9.11. The molecule has 0 spiro atoms. The molecule has 1 aromatic rings. The number of halogens is 1. The largest absolute Gasteiger partial charge is 0.304 e. The third kappa shape index (κ3) is 3.35. The molecule has 1 N–H and O–H groups in total. The minimum atomic E-state index is 0.437. The highest BCUT2D eigenvalue weighted by atomic mass is 79.9. The van der Waals surface area contributed by atoms with Crippen LogP contribution in [0.5, 0.6) is 0 Å². The molecule has 0 saturated heterocycles. The van der Waals surface area contributed by atoms with Gasteiger partial charge in [0.15, 0.2) is 0 Å². The van der Waals surface area contributed by atoms with Crippen LogP contribution in [-0.4, -0.2) is 13.1 Å². The molecule has 0 saturated carbocycles. The van der Waals surface area contributed by atoms with Gasteiger partial charge in [-0.3, -0.25) is 0 Å². The van der Waals surface area contributed by atoms with E-state index < -0.39 is 0 Å². The second kappa shape index (κ2) is 5.31. The quantitative estimate of drug-likeness (QED) is 0.651. The summed E-state index contributed by atoms with van der Waals surface area (Å²) >= 11 is 5.14. The van der Waals surface area contributed by atoms with Crippen LogP contribution in [0.3, 0.4) is 0 Å². The molecule has 0 aliphatic rings. The molecule has 0 amide bonds. The van der Waals surface area contributed by atoms with Crippen molar-refractivity contribution in [3.8, 4) is 6.07 Å². The smallest absolute Gasteiger partial charge is 0.0841 e. The Kier molecular flexibility index (Phi) is 4.30. The number of nitrogens with zero attached hydrogens (tertiary/aromatic N) is 1. The van der Waals surface area contributed by atoms with Crippen molar-refractivity contribution in [1.29, 1.82) is 5.26 Å². The Morgan fingerprint density at radius 2 is 2.42 bits per heavy atom. The highest BCUT2D eigenvalue weighted by Gasteiger charge is 1.96. The number of rotatable bonds is 4. The molecule has 12 heavy (non-hydrogen) atoms. The first-order valence-electron chi connectivity index (χ1n) is 3.65. The molecule has 0 atom stereocenters. The normalized spacial score (nSPS) is 9.67. The molecule has 0 unspecified atom stereocenters. The van der Waals surface area contributed by atoms with Crippen molar-refractivity contribution in [2.24, 2.45) is 0 Å². The van der Waals surface area contributed by atoms with Gasteiger partial charge in [-0.25, -0.2) is 0 Å². The maximum atomic E-state index is 8.25. The first-order chi connectivity index (χ1) is 5.83. The summed E-state index contributed by atoms with van der Waals surface area (Å²) in [5.41, 5.74) is 0. The summed E-state index contributed by atoms with van der Waals surface area (Å²) in [6.07, 6.45) is 0.998. The monoisotopic (exact) mass is 244 g/mol. The summed E-state index contributed by atoms with van der Waals surface area (Å²) in [4.78, 5) is 1.34. The van der Waals surface area contributed by atoms with Gasteiger partial charge in [-0.15, -0.1) is 11.3 Å². The van der Waals surface area contributed by atoms with Crippen molar-refractivity contribution < 1.29 is 0 Å². The highest BCUT2D eigenvalue weighted by Crippen LogP contribution is 2.21. The molecule has 0 aromatic carbocycles. The van der Waals surface area contributed by atoms with Crippen LogP contribution in [0.4, 0.5) is 0 Å². The molecule has 0 aliphatic carbocycles. The lowest BCUT2D eigenvalue weighted by Gasteiger charge is -1.96. The van der Waals surface area contributed by atoms with Gasteiger partial charge in [0, 0.05) is 11.4 Å². The van der Waals surface area contributed by atoms with Crippen LogP contribution in [0.2, 0.25) is 0 Å². The third-order valence-electron chi connectivity index (χ3n) is 1.38. The Balaban J connectivity index is 2.21. The molecule has 0 aliphatic heterocycles. The van der Waals surface area contributed by atoms with E-state index in [4.69, 9.17) is 5.26 Å². The van der Waals surface area contributed by atoms with Gasteiger partial charge in [0.25, 0.3) is 0 Å². The van der Waals surface area contributed by atoms with Crippen LogP contribution in [0.1, 0.15) is 4.88 Å². The average Bonchev–Trinajstić information content (AvgIpc) is 2.45. The summed E-state index contributed by atoms with van der Waals surface area (Å²) in [6.45, 7) is 1.31. The zero-order valence-electron chi connectivity index (χ0n) is 6.51. The fourth-order valence-corrected chi connectivity index (χ4v) is 2.32. The molecule has 1 heterocycles. The van der Waals surface area contributed by atoms with Crippen molar-refractivity contribution in [3.63, 3.8) is 0 Å². The minimum Gasteiger partial charge on any atom is -0.304 e. The van der Waals surface area contributed by atoms with Crippen LogP contribution in [0.25, 0.3) is 0 Å². The molecular formula is C8H9BrN2S. The molecular weight excluding hydrogens is 236 g/mol. The molecule has 4 heteroatoms. The summed E-state index contributed by atoms with van der Waals surface area (Å²) < 4.78 is 1.16. The Bertz CT molecular complexity index is 277. The van der Waals surface area contributed by atoms with Gasteiger partial charge in [0.05, 0.1) is 16.4 Å². The van der Waals surface area contributed by atoms with Crippen LogP contribution in [0.15, 0.2) is 15.9 Å². The second-order valence-electron chi connectivity index (χ2n) is 2.29. The fourth-order valence-electron chi connectivity index (χ4n) is 0.842. The van der Waals surface area contributed by atoms with Crippen LogP contribution >= 0.6 is 27.3 Å². The van der Waals surface area contributed by atoms with Gasteiger partial charge in [-0.2, -0.15) is 5.26 Å². The Morgan fingerprint density at radius 3 is 3.00 bits per heavy atom. The Hall–Kier alpha value is -0.370. The summed E-state index contributed by atoms with van der Waals surface area (Å²) in [6, 6.07) is 6.19. The lowest BCUT2D eigenvalue weighted by molar-refractivity contribution is 0.755. The minimum absolute atomic E-state index is 0.437. The maximum Gasteiger partial charge on any atom is 0.0841 e. The summed E-state index contributed by atoms with van der Waals surface area (Å²) in [5, 5.41) is 11.3. The van der Waals surface area contributed by atoms with Gasteiger partial charge in [-0.05, 0) is 34.5 Å². The number of hydrogen-bond donors (Lipinski definition) is 1. The average molecular weight is 245 g/mol. The van der Waals surface area contributed by atoms with Gasteiger partial charge in [0.1, 0.15) is 0 Å². The number of nitrogens with one attached hydrogen (secondary N) is 1. The Morgan fingerprint density at radius 1 is 1.58 bits per heavy atom. The maximum absolute atomic E-state index is 8.25. The van der Waals surface area contributed by atoms with E-state index in [-0.39, 0.29) is 0 Å². The van der Waals surface area contributed by atoms with Crippen molar-refractivity contribution >= 4 is 27.3 Å². The molecule has 1 rings (SSSR count). The van der Waals surface area contributed by atoms with Crippen molar-refractivity contribution in [2.45, 2.75) is 6.42 Å². The topological polar surface area (TPSA) is 35.8 Å². The van der Waals surface area contributed by atoms with E-state index in [1.807, 2.05) is 12.1 Å². The molecule has 0 fully saturated rings. The number of thiophene rings is 1. The van der Waals surface area contributed by atoms with Crippen molar-refractivity contribution in [3.05, 3.63) is 20.8 Å². The van der Waals surface area contributed by atoms with E-state index in [2.05, 4.69) is 27.3 Å². The molecule has 0 radical (unpaired) electrons. The van der Waals surface area contributed by atoms with Crippen molar-refractivity contribution in [1.82, 2.24) is 5.32 Å². The van der Waals surface area contributed by atoms with Crippen molar-refractivity contribution in [2.75, 3.05) is 13.1 Å². The summed E-state index contributed by atoms with van der Waals surface area (Å²) in [7, 11) is 0. The van der Waals surface area contributed by atoms with Gasteiger partial charge in [-0.1, -0.05) is 0 Å². The number of hydrogen-bond acceptors (Lipinski definition) is 3. The SMILES string of the molecule is N#CCNCCc1ccc(Br)s1. The third-order valence-corrected chi connectivity index (χ3v) is 3.06. The van der Waals surface area contributed by atoms with E-state index in [0.717, 1.165) is 16.8 Å². The van der Waals surface area contributed by atoms with E-state index in [1.54, 1.807) is 11.3 Å². The van der Waals surface area contributed by atoms with Gasteiger partial charge in [0.2, 0.25) is 0 Å². The van der Waals surface area contributed by atoms with E-state index >= 15 is 0 Å². The van der Waals surface area contributed by atoms with Crippen LogP contribution in [0, 0.1) is 11.3 Å². The number of nitriles is 1. The predicted octanol–water partition coefficient (Wildman–Crippen LogP) is 2.17. The molecule has 64 valence electrons. The molecule has 2 nitrogen and oxygen atoms in total. The lowest BCUT2D eigenvalue weighted by atomic mass is 10.3. The zero-order chi connectivity index (χ0) is 8.81. The van der Waals surface area contributed by atoms with Crippen LogP contribution in [-0.2, 0) is 6.42 Å². The lowest BCUT2D eigenvalue weighted by Crippen LogP contribution is -2.16. The summed E-state index contributed by atoms with van der Waals surface area (Å²) in [5.74, 6) is 0. The van der Waals surface area contributed by atoms with Gasteiger partial charge >= 0.3 is 0 Å². The molecule has 0 bridgehead atoms. The predicted molar refractivity (Wildman–Crippen MR) is 54.2 cm³/mol. The Labute approximate surface area is 84.3 Å². The van der Waals surface area contributed by atoms with Gasteiger partial charge < -0.3 is 5.32 Å². The molecule has 1 aromatic heterocycles. The van der Waals surface area contributed by atoms with E-state index in [1.165, 1.54) is 4.88 Å². The first-order valence-corrected chi connectivity index (χ1v) is 5.26. The van der Waals surface area contributed by atoms with E-state index in [0.29, 0.717) is 6.54 Å². The second-order valence-corrected chi connectivity index (χ2v) is 4.84. The van der Waals surface area contributed by atoms with Crippen LogP contribution < -0.4 is 5.32 Å². The standard InChI is InChI=1S/C8H9BrN2S/c9-8-2-1-7(12-8)3-5-11-6-4-10/h1-2,11H,3,5-6H2. The zero-order valence-corrected chi connectivity index (χ0v) is 8.91. The first kappa shape index (κ1) is 9.72. The van der Waals surface area contributed by atoms with E-state index in [9.17, 15) is 0 Å².